The van der Waals surface area contributed by atoms with Gasteiger partial charge in [0.05, 0.1) is 12.5 Å². The summed E-state index contributed by atoms with van der Waals surface area (Å²) in [6, 6.07) is 0.140. The largest absolute Gasteiger partial charge is 0.462 e. The number of carbonyl (C=O) groups excluding carboxylic acids is 3. The van der Waals surface area contributed by atoms with Crippen LogP contribution in [0.4, 0.5) is 0 Å². The van der Waals surface area contributed by atoms with Crippen LogP contribution in [0, 0.1) is 41.4 Å². The second-order valence-electron chi connectivity index (χ2n) is 12.0. The lowest BCUT2D eigenvalue weighted by molar-refractivity contribution is -0.173. The number of fused-ring (bicyclic) bond motifs is 5. The number of nitrogens with zero attached hydrogens (tertiary/aromatic N) is 2. The topological polar surface area (TPSA) is 76.1 Å². The molecule has 0 spiro atoms. The lowest BCUT2D eigenvalue weighted by Crippen LogP contribution is -2.47. The van der Waals surface area contributed by atoms with Crippen molar-refractivity contribution in [2.45, 2.75) is 71.6 Å². The van der Waals surface area contributed by atoms with Crippen molar-refractivity contribution < 1.29 is 23.9 Å². The first-order chi connectivity index (χ1) is 16.8. The van der Waals surface area contributed by atoms with Gasteiger partial charge in [-0.1, -0.05) is 13.8 Å². The molecule has 5 rings (SSSR count). The maximum Gasteiger partial charge on any atom is 0.320 e. The van der Waals surface area contributed by atoms with Gasteiger partial charge >= 0.3 is 11.9 Å². The lowest BCUT2D eigenvalue weighted by Gasteiger charge is -2.36. The standard InChI is InChI=1S/C27H42N2O5S/c1-15(2)17-6-5-7-21(17)33-27(32)24-19-12-18(20-13-29(16(3)4)26(31)23(19)20)25(24)34-22(30)14-28-8-10-35-11-9-28/h15-21,23-25H,5-14H2,1-4H3. The van der Waals surface area contributed by atoms with Gasteiger partial charge in [-0.25, -0.2) is 0 Å². The molecule has 2 heterocycles. The van der Waals surface area contributed by atoms with Crippen molar-refractivity contribution in [1.29, 1.82) is 0 Å². The van der Waals surface area contributed by atoms with Crippen LogP contribution in [0.5, 0.6) is 0 Å². The minimum Gasteiger partial charge on any atom is -0.462 e. The number of hydrogen-bond donors (Lipinski definition) is 0. The minimum absolute atomic E-state index is 0.0561. The fraction of sp³-hybridized carbons (Fsp3) is 0.889. The smallest absolute Gasteiger partial charge is 0.320 e. The van der Waals surface area contributed by atoms with Gasteiger partial charge in [0.1, 0.15) is 12.2 Å². The summed E-state index contributed by atoms with van der Waals surface area (Å²) in [4.78, 5) is 44.2. The fourth-order valence-electron chi connectivity index (χ4n) is 7.76. The molecule has 2 bridgehead atoms. The Labute approximate surface area is 214 Å². The Balaban J connectivity index is 1.34. The van der Waals surface area contributed by atoms with Crippen LogP contribution in [0.2, 0.25) is 0 Å². The molecule has 1 amide bonds. The van der Waals surface area contributed by atoms with Crippen molar-refractivity contribution >= 4 is 29.6 Å². The molecule has 0 radical (unpaired) electrons. The third kappa shape index (κ3) is 4.74. The second-order valence-corrected chi connectivity index (χ2v) is 13.2. The summed E-state index contributed by atoms with van der Waals surface area (Å²) in [6.45, 7) is 11.3. The Hall–Kier alpha value is -1.28. The van der Waals surface area contributed by atoms with Gasteiger partial charge in [-0.2, -0.15) is 11.8 Å². The van der Waals surface area contributed by atoms with Crippen LogP contribution in [-0.4, -0.2) is 83.6 Å². The van der Waals surface area contributed by atoms with Crippen molar-refractivity contribution in [2.24, 2.45) is 41.4 Å². The fourth-order valence-corrected chi connectivity index (χ4v) is 8.74. The first-order valence-corrected chi connectivity index (χ1v) is 14.9. The maximum absolute atomic E-state index is 13.7. The molecule has 2 saturated heterocycles. The highest BCUT2D eigenvalue weighted by atomic mass is 32.2. The maximum atomic E-state index is 13.7. The van der Waals surface area contributed by atoms with Gasteiger partial charge in [-0.3, -0.25) is 19.3 Å². The van der Waals surface area contributed by atoms with Crippen LogP contribution in [0.15, 0.2) is 0 Å². The predicted molar refractivity (Wildman–Crippen MR) is 135 cm³/mol. The van der Waals surface area contributed by atoms with Gasteiger partial charge in [0.25, 0.3) is 0 Å². The van der Waals surface area contributed by atoms with E-state index in [0.717, 1.165) is 50.3 Å². The van der Waals surface area contributed by atoms with Gasteiger partial charge in [-0.15, -0.1) is 0 Å². The van der Waals surface area contributed by atoms with Crippen LogP contribution in [0.1, 0.15) is 53.4 Å². The zero-order valence-electron chi connectivity index (χ0n) is 21.7. The molecule has 2 aliphatic heterocycles. The first-order valence-electron chi connectivity index (χ1n) is 13.8. The summed E-state index contributed by atoms with van der Waals surface area (Å²) in [5.74, 6) is 2.08. The van der Waals surface area contributed by atoms with Crippen LogP contribution in [0.25, 0.3) is 0 Å². The monoisotopic (exact) mass is 506 g/mol. The molecule has 7 nitrogen and oxygen atoms in total. The van der Waals surface area contributed by atoms with Crippen molar-refractivity contribution in [3.63, 3.8) is 0 Å². The highest BCUT2D eigenvalue weighted by Crippen LogP contribution is 2.60. The van der Waals surface area contributed by atoms with Crippen LogP contribution in [-0.2, 0) is 23.9 Å². The summed E-state index contributed by atoms with van der Waals surface area (Å²) < 4.78 is 12.3. The molecule has 0 aromatic carbocycles. The molecule has 196 valence electrons. The molecule has 35 heavy (non-hydrogen) atoms. The molecule has 0 aromatic heterocycles. The van der Waals surface area contributed by atoms with E-state index < -0.39 is 12.0 Å². The molecule has 3 saturated carbocycles. The Morgan fingerprint density at radius 1 is 1.03 bits per heavy atom. The number of likely N-dealkylation sites (tertiary alicyclic amines) is 1. The van der Waals surface area contributed by atoms with E-state index >= 15 is 0 Å². The summed E-state index contributed by atoms with van der Waals surface area (Å²) in [6.07, 6.45) is 3.31. The Bertz CT molecular complexity index is 828. The molecule has 8 atom stereocenters. The van der Waals surface area contributed by atoms with E-state index in [1.165, 1.54) is 0 Å². The van der Waals surface area contributed by atoms with Crippen LogP contribution >= 0.6 is 11.8 Å². The summed E-state index contributed by atoms with van der Waals surface area (Å²) in [5, 5.41) is 0. The summed E-state index contributed by atoms with van der Waals surface area (Å²) in [5.41, 5.74) is 0. The van der Waals surface area contributed by atoms with Gasteiger partial charge in [0.15, 0.2) is 0 Å². The lowest BCUT2D eigenvalue weighted by atomic mass is 9.73. The van der Waals surface area contributed by atoms with Gasteiger partial charge in [-0.05, 0) is 63.2 Å². The van der Waals surface area contributed by atoms with Crippen LogP contribution in [0.3, 0.4) is 0 Å². The number of hydrogen-bond acceptors (Lipinski definition) is 7. The molecule has 8 heteroatoms. The Kier molecular flexibility index (Phi) is 7.42. The van der Waals surface area contributed by atoms with Crippen molar-refractivity contribution in [3.05, 3.63) is 0 Å². The Morgan fingerprint density at radius 2 is 1.77 bits per heavy atom. The van der Waals surface area contributed by atoms with Crippen molar-refractivity contribution in [2.75, 3.05) is 37.7 Å². The summed E-state index contributed by atoms with van der Waals surface area (Å²) >= 11 is 1.91. The summed E-state index contributed by atoms with van der Waals surface area (Å²) in [7, 11) is 0. The Morgan fingerprint density at radius 3 is 2.46 bits per heavy atom. The van der Waals surface area contributed by atoms with Gasteiger partial charge in [0, 0.05) is 49.0 Å². The van der Waals surface area contributed by atoms with Crippen molar-refractivity contribution in [3.8, 4) is 0 Å². The molecule has 5 aliphatic rings. The molecule has 5 fully saturated rings. The van der Waals surface area contributed by atoms with Crippen molar-refractivity contribution in [1.82, 2.24) is 9.80 Å². The van der Waals surface area contributed by atoms with Crippen LogP contribution < -0.4 is 0 Å². The average Bonchev–Trinajstić information content (AvgIpc) is 3.56. The second kappa shape index (κ2) is 10.2. The van der Waals surface area contributed by atoms with E-state index in [4.69, 9.17) is 9.47 Å². The molecule has 3 aliphatic carbocycles. The van der Waals surface area contributed by atoms with E-state index in [1.54, 1.807) is 0 Å². The minimum atomic E-state index is -0.522. The van der Waals surface area contributed by atoms with Gasteiger partial charge < -0.3 is 14.4 Å². The molecular formula is C27H42N2O5S. The van der Waals surface area contributed by atoms with E-state index in [2.05, 4.69) is 18.7 Å². The zero-order valence-corrected chi connectivity index (χ0v) is 22.5. The number of rotatable bonds is 7. The number of esters is 2. The number of carbonyl (C=O) groups is 3. The molecule has 0 aromatic rings. The number of amides is 1. The number of thioether (sulfide) groups is 1. The first kappa shape index (κ1) is 25.4. The molecule has 8 unspecified atom stereocenters. The van der Waals surface area contributed by atoms with E-state index in [0.29, 0.717) is 18.4 Å². The zero-order chi connectivity index (χ0) is 24.9. The third-order valence-electron chi connectivity index (χ3n) is 9.48. The SMILES string of the molecule is CC(C)C1CCCC1OC(=O)C1C2CC(C3CN(C(C)C)C(=O)C32)C1OC(=O)CN1CCSCC1. The number of ether oxygens (including phenoxy) is 2. The van der Waals surface area contributed by atoms with E-state index in [1.807, 2.05) is 30.5 Å². The third-order valence-corrected chi connectivity index (χ3v) is 10.4. The normalized spacial score (nSPS) is 39.0. The quantitative estimate of drug-likeness (QED) is 0.491. The molecular weight excluding hydrogens is 464 g/mol. The average molecular weight is 507 g/mol. The highest BCUT2D eigenvalue weighted by molar-refractivity contribution is 7.99. The highest BCUT2D eigenvalue weighted by Gasteiger charge is 2.67. The molecule has 0 N–H and O–H groups in total. The van der Waals surface area contributed by atoms with Gasteiger partial charge in [0.2, 0.25) is 5.91 Å². The predicted octanol–water partition coefficient (Wildman–Crippen LogP) is 3.06. The van der Waals surface area contributed by atoms with E-state index in [-0.39, 0.29) is 60.2 Å². The van der Waals surface area contributed by atoms with E-state index in [9.17, 15) is 14.4 Å².